The number of aromatic nitrogens is 2. The van der Waals surface area contributed by atoms with Crippen LogP contribution in [0.1, 0.15) is 44.1 Å². The van der Waals surface area contributed by atoms with Gasteiger partial charge in [-0.05, 0) is 62.7 Å². The maximum atomic E-state index is 13.7. The summed E-state index contributed by atoms with van der Waals surface area (Å²) in [5.74, 6) is 0.509. The first-order valence-electron chi connectivity index (χ1n) is 11.8. The second kappa shape index (κ2) is 10.7. The van der Waals surface area contributed by atoms with Gasteiger partial charge in [-0.15, -0.1) is 0 Å². The van der Waals surface area contributed by atoms with Crippen LogP contribution in [0.5, 0.6) is 0 Å². The van der Waals surface area contributed by atoms with Crippen LogP contribution in [0.4, 0.5) is 10.5 Å². The fourth-order valence-corrected chi connectivity index (χ4v) is 4.26. The summed E-state index contributed by atoms with van der Waals surface area (Å²) in [7, 11) is 0. The lowest BCUT2D eigenvalue weighted by Crippen LogP contribution is -2.40. The van der Waals surface area contributed by atoms with Crippen LogP contribution in [0.15, 0.2) is 77.6 Å². The number of carbonyl (C=O) groups is 1. The van der Waals surface area contributed by atoms with E-state index in [1.165, 1.54) is 0 Å². The van der Waals surface area contributed by atoms with Gasteiger partial charge in [-0.2, -0.15) is 0 Å². The fraction of sp³-hybridized carbons (Fsp3) is 0.250. The molecule has 1 heterocycles. The van der Waals surface area contributed by atoms with Crippen molar-refractivity contribution in [2.75, 3.05) is 11.9 Å². The van der Waals surface area contributed by atoms with Crippen molar-refractivity contribution in [1.82, 2.24) is 14.5 Å². The minimum absolute atomic E-state index is 0.160. The Morgan fingerprint density at radius 3 is 2.54 bits per heavy atom. The molecule has 0 spiro atoms. The molecule has 0 aliphatic heterocycles. The average molecular weight is 489 g/mol. The minimum atomic E-state index is -0.473. The number of carbonyl (C=O) groups excluding carboxylic acids is 1. The van der Waals surface area contributed by atoms with Crippen LogP contribution in [0.2, 0.25) is 5.02 Å². The van der Waals surface area contributed by atoms with Crippen LogP contribution in [0, 0.1) is 6.92 Å². The van der Waals surface area contributed by atoms with E-state index in [2.05, 4.69) is 12.2 Å². The molecule has 0 radical (unpaired) electrons. The highest BCUT2D eigenvalue weighted by atomic mass is 35.5. The molecule has 4 rings (SSSR count). The molecule has 4 aromatic rings. The number of unbranched alkanes of at least 4 members (excludes halogenated alkanes) is 1. The molecular formula is C28H29ClN4O2. The zero-order valence-corrected chi connectivity index (χ0v) is 20.9. The highest BCUT2D eigenvalue weighted by molar-refractivity contribution is 6.30. The third-order valence-electron chi connectivity index (χ3n) is 6.02. The first-order valence-corrected chi connectivity index (χ1v) is 12.2. The number of amides is 2. The molecule has 0 bridgehead atoms. The maximum Gasteiger partial charge on any atom is 0.322 e. The van der Waals surface area contributed by atoms with Crippen molar-refractivity contribution in [2.24, 2.45) is 0 Å². The zero-order chi connectivity index (χ0) is 24.9. The molecule has 2 amide bonds. The first-order chi connectivity index (χ1) is 16.9. The van der Waals surface area contributed by atoms with Gasteiger partial charge in [0, 0.05) is 17.3 Å². The number of benzene rings is 3. The highest BCUT2D eigenvalue weighted by Crippen LogP contribution is 2.25. The second-order valence-corrected chi connectivity index (χ2v) is 9.06. The van der Waals surface area contributed by atoms with Crippen LogP contribution >= 0.6 is 11.6 Å². The van der Waals surface area contributed by atoms with Gasteiger partial charge >= 0.3 is 6.03 Å². The first kappa shape index (κ1) is 24.5. The lowest BCUT2D eigenvalue weighted by Gasteiger charge is -2.30. The number of anilines is 1. The third-order valence-corrected chi connectivity index (χ3v) is 6.26. The molecule has 3 aromatic carbocycles. The van der Waals surface area contributed by atoms with E-state index in [9.17, 15) is 9.59 Å². The Morgan fingerprint density at radius 2 is 1.83 bits per heavy atom. The Kier molecular flexibility index (Phi) is 7.51. The van der Waals surface area contributed by atoms with Gasteiger partial charge in [0.25, 0.3) is 5.56 Å². The highest BCUT2D eigenvalue weighted by Gasteiger charge is 2.26. The molecule has 6 nitrogen and oxygen atoms in total. The molecule has 7 heteroatoms. The number of halogens is 1. The summed E-state index contributed by atoms with van der Waals surface area (Å²) in [6.45, 7) is 6.50. The molecule has 35 heavy (non-hydrogen) atoms. The Balaban J connectivity index is 1.82. The molecule has 0 saturated heterocycles. The van der Waals surface area contributed by atoms with E-state index in [4.69, 9.17) is 16.6 Å². The predicted octanol–water partition coefficient (Wildman–Crippen LogP) is 6.74. The predicted molar refractivity (Wildman–Crippen MR) is 143 cm³/mol. The van der Waals surface area contributed by atoms with Gasteiger partial charge in [0.2, 0.25) is 0 Å². The summed E-state index contributed by atoms with van der Waals surface area (Å²) < 4.78 is 1.62. The van der Waals surface area contributed by atoms with Gasteiger partial charge < -0.3 is 10.2 Å². The smallest absolute Gasteiger partial charge is 0.315 e. The van der Waals surface area contributed by atoms with Gasteiger partial charge in [-0.1, -0.05) is 60.8 Å². The lowest BCUT2D eigenvalue weighted by molar-refractivity contribution is 0.188. The number of nitrogens with one attached hydrogen (secondary N) is 1. The van der Waals surface area contributed by atoms with E-state index in [-0.39, 0.29) is 11.6 Å². The molecule has 1 atom stereocenters. The van der Waals surface area contributed by atoms with E-state index >= 15 is 0 Å². The Morgan fingerprint density at radius 1 is 1.09 bits per heavy atom. The van der Waals surface area contributed by atoms with E-state index in [1.54, 1.807) is 39.8 Å². The quantitative estimate of drug-likeness (QED) is 0.313. The molecule has 0 aliphatic rings. The Hall–Kier alpha value is -3.64. The summed E-state index contributed by atoms with van der Waals surface area (Å²) >= 11 is 6.11. The monoisotopic (exact) mass is 488 g/mol. The van der Waals surface area contributed by atoms with Gasteiger partial charge in [0.1, 0.15) is 5.82 Å². The van der Waals surface area contributed by atoms with E-state index < -0.39 is 6.04 Å². The van der Waals surface area contributed by atoms with Gasteiger partial charge in [-0.3, -0.25) is 9.36 Å². The molecular weight excluding hydrogens is 460 g/mol. The zero-order valence-electron chi connectivity index (χ0n) is 20.2. The number of hydrogen-bond donors (Lipinski definition) is 1. The van der Waals surface area contributed by atoms with E-state index in [0.29, 0.717) is 39.7 Å². The number of rotatable bonds is 7. The number of para-hydroxylation sites is 1. The fourth-order valence-electron chi connectivity index (χ4n) is 4.07. The topological polar surface area (TPSA) is 67.2 Å². The Bertz CT molecular complexity index is 1400. The molecule has 0 aliphatic carbocycles. The van der Waals surface area contributed by atoms with Crippen molar-refractivity contribution in [1.29, 1.82) is 0 Å². The number of nitrogens with zero attached hydrogens (tertiary/aromatic N) is 3. The van der Waals surface area contributed by atoms with Gasteiger partial charge in [-0.25, -0.2) is 9.78 Å². The maximum absolute atomic E-state index is 13.7. The van der Waals surface area contributed by atoms with Crippen molar-refractivity contribution in [3.63, 3.8) is 0 Å². The molecule has 180 valence electrons. The number of fused-ring (bicyclic) bond motifs is 1. The number of hydrogen-bond acceptors (Lipinski definition) is 3. The van der Waals surface area contributed by atoms with Crippen LogP contribution in [-0.2, 0) is 0 Å². The largest absolute Gasteiger partial charge is 0.322 e. The van der Waals surface area contributed by atoms with Gasteiger partial charge in [0.15, 0.2) is 0 Å². The van der Waals surface area contributed by atoms with Crippen molar-refractivity contribution in [2.45, 2.75) is 39.7 Å². The Labute approximate surface area is 210 Å². The normalized spacial score (nSPS) is 11.9. The standard InChI is InChI=1S/C28H29ClN4O2/c1-4-5-17-32(28(35)30-22-10-8-9-21(29)18-22)20(3)26-31-25-12-7-6-11-24(25)27(34)33(26)23-15-13-19(2)14-16-23/h6-16,18,20H,4-5,17H2,1-3H3,(H,30,35). The molecule has 1 unspecified atom stereocenters. The van der Waals surface area contributed by atoms with Crippen molar-refractivity contribution in [3.8, 4) is 5.69 Å². The van der Waals surface area contributed by atoms with Crippen LogP contribution in [-0.4, -0.2) is 27.0 Å². The molecule has 1 aromatic heterocycles. The third kappa shape index (κ3) is 5.38. The summed E-state index contributed by atoms with van der Waals surface area (Å²) in [5.41, 5.74) is 2.86. The summed E-state index contributed by atoms with van der Waals surface area (Å²) in [5, 5.41) is 4.03. The second-order valence-electron chi connectivity index (χ2n) is 8.63. The van der Waals surface area contributed by atoms with Crippen molar-refractivity contribution >= 4 is 34.2 Å². The van der Waals surface area contributed by atoms with Crippen molar-refractivity contribution in [3.05, 3.63) is 99.6 Å². The van der Waals surface area contributed by atoms with E-state index in [1.807, 2.05) is 56.3 Å². The number of urea groups is 1. The summed E-state index contributed by atoms with van der Waals surface area (Å²) in [6, 6.07) is 21.4. The summed E-state index contributed by atoms with van der Waals surface area (Å²) in [4.78, 5) is 33.7. The molecule has 1 N–H and O–H groups in total. The lowest BCUT2D eigenvalue weighted by atomic mass is 10.1. The van der Waals surface area contributed by atoms with Crippen LogP contribution in [0.3, 0.4) is 0 Å². The van der Waals surface area contributed by atoms with Crippen LogP contribution in [0.25, 0.3) is 16.6 Å². The molecule has 0 fully saturated rings. The van der Waals surface area contributed by atoms with Crippen molar-refractivity contribution < 1.29 is 4.79 Å². The SMILES string of the molecule is CCCCN(C(=O)Nc1cccc(Cl)c1)C(C)c1nc2ccccc2c(=O)n1-c1ccc(C)cc1. The molecule has 0 saturated carbocycles. The average Bonchev–Trinajstić information content (AvgIpc) is 2.85. The minimum Gasteiger partial charge on any atom is -0.315 e. The summed E-state index contributed by atoms with van der Waals surface area (Å²) in [6.07, 6.45) is 1.74. The van der Waals surface area contributed by atoms with Gasteiger partial charge in [0.05, 0.1) is 22.6 Å². The number of aryl methyl sites for hydroxylation is 1. The van der Waals surface area contributed by atoms with E-state index in [0.717, 1.165) is 18.4 Å². The van der Waals surface area contributed by atoms with Crippen LogP contribution < -0.4 is 10.9 Å².